The molecular formula is C34H50ClN4O9P. The third kappa shape index (κ3) is 13.0. The summed E-state index contributed by atoms with van der Waals surface area (Å²) in [6.45, 7) is 3.08. The van der Waals surface area contributed by atoms with Gasteiger partial charge >= 0.3 is 13.7 Å². The predicted molar refractivity (Wildman–Crippen MR) is 185 cm³/mol. The number of rotatable bonds is 19. The van der Waals surface area contributed by atoms with Crippen molar-refractivity contribution in [1.29, 1.82) is 0 Å². The first-order valence-electron chi connectivity index (χ1n) is 16.8. The minimum atomic E-state index is -4.43. The summed E-state index contributed by atoms with van der Waals surface area (Å²) in [4.78, 5) is 45.5. The van der Waals surface area contributed by atoms with E-state index in [0.717, 1.165) is 37.7 Å². The summed E-state index contributed by atoms with van der Waals surface area (Å²) in [5, 5.41) is 28.8. The molecule has 1 heterocycles. The predicted octanol–water partition coefficient (Wildman–Crippen LogP) is 5.17. The lowest BCUT2D eigenvalue weighted by Gasteiger charge is -2.38. The van der Waals surface area contributed by atoms with E-state index in [1.807, 2.05) is 12.1 Å². The van der Waals surface area contributed by atoms with Gasteiger partial charge in [0.15, 0.2) is 5.72 Å². The maximum Gasteiger partial charge on any atom is 0.408 e. The number of aliphatic hydroxyl groups excluding tert-OH is 1. The van der Waals surface area contributed by atoms with Crippen LogP contribution in [-0.2, 0) is 41.0 Å². The largest absolute Gasteiger partial charge is 0.445 e. The Hall–Kier alpha value is -3.06. The number of ether oxygens (including phenoxy) is 1. The Morgan fingerprint density at radius 2 is 1.76 bits per heavy atom. The van der Waals surface area contributed by atoms with Crippen LogP contribution in [0, 0.1) is 5.92 Å². The maximum atomic E-state index is 13.9. The molecule has 1 aromatic carbocycles. The number of carbonyl (C=O) groups excluding carboxylic acids is 3. The van der Waals surface area contributed by atoms with Gasteiger partial charge in [-0.2, -0.15) is 0 Å². The molecule has 1 aliphatic carbocycles. The molecule has 2 aromatic rings. The molecule has 1 aliphatic rings. The zero-order valence-electron chi connectivity index (χ0n) is 28.5. The molecule has 4 N–H and O–H groups in total. The zero-order chi connectivity index (χ0) is 35.9. The second-order valence-electron chi connectivity index (χ2n) is 12.2. The van der Waals surface area contributed by atoms with Crippen molar-refractivity contribution in [3.8, 4) is 0 Å². The Morgan fingerprint density at radius 1 is 1.08 bits per heavy atom. The van der Waals surface area contributed by atoms with Crippen molar-refractivity contribution in [3.05, 3.63) is 64.9 Å². The SMILES string of the molecule is CCOP(=O)(OCC)C(O)C(O)(CCC(=O)N(C)CCc1ccncc1)NC(=O)[C@H](CC1CCCCC1)NC(=O)OCc1cccc(Cl)c1. The molecule has 0 aliphatic heterocycles. The van der Waals surface area contributed by atoms with E-state index in [1.54, 1.807) is 43.7 Å². The van der Waals surface area contributed by atoms with Crippen LogP contribution in [0.4, 0.5) is 4.79 Å². The van der Waals surface area contributed by atoms with Gasteiger partial charge in [-0.3, -0.25) is 19.1 Å². The van der Waals surface area contributed by atoms with Gasteiger partial charge in [-0.25, -0.2) is 4.79 Å². The molecule has 0 saturated heterocycles. The molecule has 15 heteroatoms. The Kier molecular flexibility index (Phi) is 16.4. The molecule has 3 atom stereocenters. The lowest BCUT2D eigenvalue weighted by Crippen LogP contribution is -2.61. The minimum absolute atomic E-state index is 0.101. The molecule has 49 heavy (non-hydrogen) atoms. The first-order valence-corrected chi connectivity index (χ1v) is 18.8. The Bertz CT molecular complexity index is 1390. The van der Waals surface area contributed by atoms with Crippen molar-refractivity contribution in [2.24, 2.45) is 5.92 Å². The van der Waals surface area contributed by atoms with Gasteiger partial charge < -0.3 is 39.5 Å². The summed E-state index contributed by atoms with van der Waals surface area (Å²) >= 11 is 6.04. The first kappa shape index (κ1) is 40.4. The van der Waals surface area contributed by atoms with Crippen LogP contribution in [0.15, 0.2) is 48.8 Å². The molecule has 1 saturated carbocycles. The van der Waals surface area contributed by atoms with Crippen LogP contribution in [-0.4, -0.2) is 82.4 Å². The van der Waals surface area contributed by atoms with Crippen molar-refractivity contribution >= 4 is 37.1 Å². The standard InChI is InChI=1S/C34H50ClN4O9P/c1-4-47-49(45,48-5-2)32(42)34(44,18-14-30(40)39(3)21-17-25-15-19-36-20-16-25)38-31(41)29(23-26-10-7-6-8-11-26)37-33(43)46-24-27-12-9-13-28(35)22-27/h9,12-13,15-16,19-20,22,26,29,32,42,44H,4-8,10-11,14,17-18,21,23-24H2,1-3H3,(H,37,43)(H,38,41)/t29-,32?,34?/m0/s1. The van der Waals surface area contributed by atoms with E-state index in [-0.39, 0.29) is 38.6 Å². The summed E-state index contributed by atoms with van der Waals surface area (Å²) in [5.41, 5.74) is -1.02. The van der Waals surface area contributed by atoms with E-state index >= 15 is 0 Å². The van der Waals surface area contributed by atoms with E-state index in [0.29, 0.717) is 23.6 Å². The molecule has 13 nitrogen and oxygen atoms in total. The minimum Gasteiger partial charge on any atom is -0.445 e. The van der Waals surface area contributed by atoms with Crippen LogP contribution in [0.1, 0.15) is 76.3 Å². The molecule has 0 radical (unpaired) electrons. The van der Waals surface area contributed by atoms with Crippen LogP contribution in [0.2, 0.25) is 5.02 Å². The lowest BCUT2D eigenvalue weighted by atomic mass is 9.84. The summed E-state index contributed by atoms with van der Waals surface area (Å²) in [7, 11) is -2.83. The van der Waals surface area contributed by atoms with E-state index in [9.17, 15) is 29.2 Å². The van der Waals surface area contributed by atoms with Gasteiger partial charge in [0.05, 0.1) is 13.2 Å². The number of nitrogens with zero attached hydrogens (tertiary/aromatic N) is 2. The third-order valence-electron chi connectivity index (χ3n) is 8.48. The highest BCUT2D eigenvalue weighted by molar-refractivity contribution is 7.54. The molecule has 1 aromatic heterocycles. The number of aromatic nitrogens is 1. The van der Waals surface area contributed by atoms with Crippen LogP contribution in [0.5, 0.6) is 0 Å². The number of hydrogen-bond acceptors (Lipinski definition) is 10. The van der Waals surface area contributed by atoms with Crippen LogP contribution in [0.3, 0.4) is 0 Å². The number of carbonyl (C=O) groups is 3. The molecule has 3 rings (SSSR count). The number of hydrogen-bond donors (Lipinski definition) is 4. The van der Waals surface area contributed by atoms with Gasteiger partial charge in [0.25, 0.3) is 0 Å². The van der Waals surface area contributed by atoms with Crippen molar-refractivity contribution in [2.45, 2.75) is 95.9 Å². The number of aliphatic hydroxyl groups is 2. The number of amides is 3. The van der Waals surface area contributed by atoms with E-state index < -0.39 is 49.5 Å². The lowest BCUT2D eigenvalue weighted by molar-refractivity contribution is -0.143. The van der Waals surface area contributed by atoms with Gasteiger partial charge in [-0.1, -0.05) is 55.8 Å². The summed E-state index contributed by atoms with van der Waals surface area (Å²) in [6.07, 6.45) is 7.09. The van der Waals surface area contributed by atoms with Crippen molar-refractivity contribution in [3.63, 3.8) is 0 Å². The quantitative estimate of drug-likeness (QED) is 0.112. The van der Waals surface area contributed by atoms with Gasteiger partial charge in [0.1, 0.15) is 12.6 Å². The van der Waals surface area contributed by atoms with Gasteiger partial charge in [0, 0.05) is 43.9 Å². The number of halogens is 1. The van der Waals surface area contributed by atoms with Crippen molar-refractivity contribution in [2.75, 3.05) is 26.8 Å². The van der Waals surface area contributed by atoms with Crippen LogP contribution in [0.25, 0.3) is 0 Å². The molecule has 0 spiro atoms. The number of likely N-dealkylation sites (N-methyl/N-ethyl adjacent to an activating group) is 1. The molecule has 272 valence electrons. The van der Waals surface area contributed by atoms with Crippen molar-refractivity contribution < 1.29 is 42.9 Å². The van der Waals surface area contributed by atoms with Crippen LogP contribution >= 0.6 is 19.2 Å². The second-order valence-corrected chi connectivity index (χ2v) is 14.7. The monoisotopic (exact) mass is 724 g/mol. The molecule has 3 amide bonds. The Morgan fingerprint density at radius 3 is 2.39 bits per heavy atom. The highest BCUT2D eigenvalue weighted by Gasteiger charge is 2.51. The Balaban J connectivity index is 1.80. The maximum absolute atomic E-state index is 13.9. The highest BCUT2D eigenvalue weighted by atomic mass is 35.5. The van der Waals surface area contributed by atoms with Crippen molar-refractivity contribution in [1.82, 2.24) is 20.5 Å². The smallest absolute Gasteiger partial charge is 0.408 e. The average Bonchev–Trinajstić information content (AvgIpc) is 3.09. The average molecular weight is 725 g/mol. The summed E-state index contributed by atoms with van der Waals surface area (Å²) < 4.78 is 29.7. The van der Waals surface area contributed by atoms with E-state index in [1.165, 1.54) is 18.7 Å². The zero-order valence-corrected chi connectivity index (χ0v) is 30.2. The topological polar surface area (TPSA) is 177 Å². The third-order valence-corrected chi connectivity index (χ3v) is 11.0. The van der Waals surface area contributed by atoms with E-state index in [4.69, 9.17) is 25.4 Å². The molecular weight excluding hydrogens is 675 g/mol. The van der Waals surface area contributed by atoms with E-state index in [2.05, 4.69) is 15.6 Å². The Labute approximate surface area is 293 Å². The summed E-state index contributed by atoms with van der Waals surface area (Å²) in [6, 6.07) is 9.28. The fraction of sp³-hybridized carbons (Fsp3) is 0.588. The first-order chi connectivity index (χ1) is 23.4. The van der Waals surface area contributed by atoms with Gasteiger partial charge in [-0.15, -0.1) is 0 Å². The number of nitrogens with one attached hydrogen (secondary N) is 2. The molecule has 0 bridgehead atoms. The van der Waals surface area contributed by atoms with Gasteiger partial charge in [0.2, 0.25) is 17.7 Å². The normalized spacial score (nSPS) is 16.2. The number of alkyl carbamates (subject to hydrolysis) is 1. The number of pyridine rings is 1. The second kappa shape index (κ2) is 20.0. The number of benzene rings is 1. The molecule has 1 fully saturated rings. The van der Waals surface area contributed by atoms with Gasteiger partial charge in [-0.05, 0) is 68.0 Å². The molecule has 2 unspecified atom stereocenters. The highest BCUT2D eigenvalue weighted by Crippen LogP contribution is 2.55. The fourth-order valence-corrected chi connectivity index (χ4v) is 7.77. The van der Waals surface area contributed by atoms with Crippen LogP contribution < -0.4 is 10.6 Å². The fourth-order valence-electron chi connectivity index (χ4n) is 5.76. The summed E-state index contributed by atoms with van der Waals surface area (Å²) in [5.74, 6) is -3.41.